The fraction of sp³-hybridized carbons (Fsp3) is 0.455. The summed E-state index contributed by atoms with van der Waals surface area (Å²) in [4.78, 5) is 22.0. The Hall–Kier alpha value is -1.96. The largest absolute Gasteiger partial charge is 0.480 e. The molecular weight excluding hydrogens is 208 g/mol. The Kier molecular flexibility index (Phi) is 6.45. The molecule has 2 atom stereocenters. The first-order valence-corrected chi connectivity index (χ1v) is 4.85. The van der Waals surface area contributed by atoms with E-state index < -0.39 is 18.0 Å². The molecule has 0 radical (unpaired) electrons. The molecule has 0 aromatic carbocycles. The van der Waals surface area contributed by atoms with Gasteiger partial charge >= 0.3 is 12.0 Å². The van der Waals surface area contributed by atoms with Gasteiger partial charge in [0.25, 0.3) is 0 Å². The number of amides is 2. The summed E-state index contributed by atoms with van der Waals surface area (Å²) in [6, 6.07) is -1.70. The third kappa shape index (κ3) is 5.70. The molecule has 0 saturated carbocycles. The minimum Gasteiger partial charge on any atom is -0.480 e. The van der Waals surface area contributed by atoms with Crippen molar-refractivity contribution >= 4 is 12.0 Å². The summed E-state index contributed by atoms with van der Waals surface area (Å²) in [6.07, 6.45) is 7.08. The Morgan fingerprint density at radius 1 is 1.56 bits per heavy atom. The second-order valence-electron chi connectivity index (χ2n) is 3.34. The number of carboxylic acid groups (broad SMARTS) is 1. The van der Waals surface area contributed by atoms with Crippen molar-refractivity contribution in [3.63, 3.8) is 0 Å². The van der Waals surface area contributed by atoms with Gasteiger partial charge in [0.2, 0.25) is 0 Å². The van der Waals surface area contributed by atoms with E-state index in [1.54, 1.807) is 6.92 Å². The minimum atomic E-state index is -1.10. The van der Waals surface area contributed by atoms with E-state index in [-0.39, 0.29) is 12.5 Å². The second-order valence-corrected chi connectivity index (χ2v) is 3.34. The lowest BCUT2D eigenvalue weighted by atomic mass is 10.2. The lowest BCUT2D eigenvalue weighted by Crippen LogP contribution is -2.48. The van der Waals surface area contributed by atoms with E-state index in [4.69, 9.17) is 11.5 Å². The van der Waals surface area contributed by atoms with Gasteiger partial charge in [-0.05, 0) is 13.3 Å². The number of nitrogens with one attached hydrogen (secondary N) is 2. The van der Waals surface area contributed by atoms with Gasteiger partial charge in [0.05, 0.1) is 0 Å². The van der Waals surface area contributed by atoms with Crippen LogP contribution in [0.25, 0.3) is 0 Å². The Labute approximate surface area is 94.9 Å². The van der Waals surface area contributed by atoms with Crippen LogP contribution >= 0.6 is 0 Å². The van der Waals surface area contributed by atoms with Crippen LogP contribution in [0.4, 0.5) is 4.79 Å². The number of carboxylic acids is 1. The average Bonchev–Trinajstić information content (AvgIpc) is 2.16. The maximum absolute atomic E-state index is 11.3. The highest BCUT2D eigenvalue weighted by atomic mass is 16.4. The molecule has 2 unspecified atom stereocenters. The zero-order chi connectivity index (χ0) is 12.6. The number of hydrogen-bond acceptors (Lipinski definition) is 2. The number of terminal acetylenes is 1. The molecular formula is C11H16N2O3. The van der Waals surface area contributed by atoms with Crippen LogP contribution in [0.3, 0.4) is 0 Å². The van der Waals surface area contributed by atoms with Crippen molar-refractivity contribution in [1.29, 1.82) is 0 Å². The summed E-state index contributed by atoms with van der Waals surface area (Å²) in [6.45, 7) is 5.16. The number of rotatable bonds is 6. The number of urea groups is 1. The Morgan fingerprint density at radius 3 is 2.62 bits per heavy atom. The zero-order valence-corrected chi connectivity index (χ0v) is 9.19. The standard InChI is InChI=1S/C11H16N2O3/c1-4-6-8(3)12-11(16)13-9(7-5-2)10(14)15/h1,5,8-9H,2,6-7H2,3H3,(H,14,15)(H2,12,13,16). The maximum Gasteiger partial charge on any atom is 0.326 e. The molecule has 0 saturated heterocycles. The van der Waals surface area contributed by atoms with E-state index in [2.05, 4.69) is 23.1 Å². The first kappa shape index (κ1) is 14.0. The van der Waals surface area contributed by atoms with Crippen LogP contribution in [0.1, 0.15) is 19.8 Å². The van der Waals surface area contributed by atoms with Gasteiger partial charge in [-0.25, -0.2) is 9.59 Å². The Balaban J connectivity index is 4.15. The van der Waals surface area contributed by atoms with Gasteiger partial charge in [0.1, 0.15) is 6.04 Å². The lowest BCUT2D eigenvalue weighted by Gasteiger charge is -2.16. The molecule has 0 fully saturated rings. The van der Waals surface area contributed by atoms with Gasteiger partial charge in [0, 0.05) is 12.5 Å². The molecule has 3 N–H and O–H groups in total. The summed E-state index contributed by atoms with van der Waals surface area (Å²) in [5, 5.41) is 13.6. The number of aliphatic carboxylic acids is 1. The zero-order valence-electron chi connectivity index (χ0n) is 9.19. The molecule has 5 heteroatoms. The summed E-state index contributed by atoms with van der Waals surface area (Å²) < 4.78 is 0. The molecule has 0 bridgehead atoms. The van der Waals surface area contributed by atoms with Crippen LogP contribution in [-0.2, 0) is 4.79 Å². The molecule has 0 aliphatic heterocycles. The maximum atomic E-state index is 11.3. The summed E-state index contributed by atoms with van der Waals surface area (Å²) in [5.41, 5.74) is 0. The third-order valence-electron chi connectivity index (χ3n) is 1.81. The number of carbonyl (C=O) groups is 2. The van der Waals surface area contributed by atoms with E-state index in [1.807, 2.05) is 0 Å². The first-order chi connectivity index (χ1) is 7.51. The molecule has 0 aliphatic carbocycles. The molecule has 0 spiro atoms. The van der Waals surface area contributed by atoms with Crippen LogP contribution in [0.5, 0.6) is 0 Å². The topological polar surface area (TPSA) is 78.4 Å². The molecule has 0 aliphatic rings. The SMILES string of the molecule is C#CCC(C)NC(=O)NC(CC=C)C(=O)O. The van der Waals surface area contributed by atoms with Gasteiger partial charge in [-0.3, -0.25) is 0 Å². The van der Waals surface area contributed by atoms with Crippen LogP contribution in [-0.4, -0.2) is 29.2 Å². The lowest BCUT2D eigenvalue weighted by molar-refractivity contribution is -0.139. The fourth-order valence-electron chi connectivity index (χ4n) is 1.04. The van der Waals surface area contributed by atoms with Gasteiger partial charge in [-0.2, -0.15) is 0 Å². The highest BCUT2D eigenvalue weighted by Crippen LogP contribution is 1.94. The predicted octanol–water partition coefficient (Wildman–Crippen LogP) is 0.727. The molecule has 0 heterocycles. The number of carbonyl (C=O) groups excluding carboxylic acids is 1. The van der Waals surface area contributed by atoms with Gasteiger partial charge in [-0.15, -0.1) is 18.9 Å². The minimum absolute atomic E-state index is 0.173. The van der Waals surface area contributed by atoms with Crippen LogP contribution in [0.2, 0.25) is 0 Å². The van der Waals surface area contributed by atoms with Gasteiger partial charge in [-0.1, -0.05) is 6.08 Å². The highest BCUT2D eigenvalue weighted by Gasteiger charge is 2.18. The monoisotopic (exact) mass is 224 g/mol. The fourth-order valence-corrected chi connectivity index (χ4v) is 1.04. The highest BCUT2D eigenvalue weighted by molar-refractivity contribution is 5.82. The molecule has 5 nitrogen and oxygen atoms in total. The average molecular weight is 224 g/mol. The summed E-state index contributed by atoms with van der Waals surface area (Å²) in [5.74, 6) is 1.30. The van der Waals surface area contributed by atoms with Crippen molar-refractivity contribution in [3.8, 4) is 12.3 Å². The van der Waals surface area contributed by atoms with Gasteiger partial charge in [0.15, 0.2) is 0 Å². The van der Waals surface area contributed by atoms with E-state index >= 15 is 0 Å². The number of hydrogen-bond donors (Lipinski definition) is 3. The molecule has 88 valence electrons. The van der Waals surface area contributed by atoms with Crippen molar-refractivity contribution in [3.05, 3.63) is 12.7 Å². The molecule has 16 heavy (non-hydrogen) atoms. The van der Waals surface area contributed by atoms with Crippen molar-refractivity contribution in [2.75, 3.05) is 0 Å². The quantitative estimate of drug-likeness (QED) is 0.459. The molecule has 0 aromatic rings. The first-order valence-electron chi connectivity index (χ1n) is 4.85. The normalized spacial score (nSPS) is 13.0. The molecule has 0 aromatic heterocycles. The van der Waals surface area contributed by atoms with Crippen LogP contribution < -0.4 is 10.6 Å². The van der Waals surface area contributed by atoms with Crippen molar-refractivity contribution in [2.24, 2.45) is 0 Å². The molecule has 0 rings (SSSR count). The predicted molar refractivity (Wildman–Crippen MR) is 60.8 cm³/mol. The smallest absolute Gasteiger partial charge is 0.326 e. The molecule has 2 amide bonds. The summed E-state index contributed by atoms with van der Waals surface area (Å²) >= 11 is 0. The van der Waals surface area contributed by atoms with Crippen molar-refractivity contribution < 1.29 is 14.7 Å². The van der Waals surface area contributed by atoms with E-state index in [0.717, 1.165) is 0 Å². The van der Waals surface area contributed by atoms with Crippen molar-refractivity contribution in [2.45, 2.75) is 31.8 Å². The van der Waals surface area contributed by atoms with Crippen LogP contribution in [0.15, 0.2) is 12.7 Å². The second kappa shape index (κ2) is 7.35. The Bertz CT molecular complexity index is 307. The van der Waals surface area contributed by atoms with E-state index in [1.165, 1.54) is 6.08 Å². The third-order valence-corrected chi connectivity index (χ3v) is 1.81. The van der Waals surface area contributed by atoms with E-state index in [9.17, 15) is 9.59 Å². The Morgan fingerprint density at radius 2 is 2.19 bits per heavy atom. The van der Waals surface area contributed by atoms with Crippen molar-refractivity contribution in [1.82, 2.24) is 10.6 Å². The van der Waals surface area contributed by atoms with Crippen LogP contribution in [0, 0.1) is 12.3 Å². The van der Waals surface area contributed by atoms with Gasteiger partial charge < -0.3 is 15.7 Å². The summed E-state index contributed by atoms with van der Waals surface area (Å²) in [7, 11) is 0. The van der Waals surface area contributed by atoms with E-state index in [0.29, 0.717) is 6.42 Å².